The van der Waals surface area contributed by atoms with E-state index in [-0.39, 0.29) is 23.3 Å². The number of rotatable bonds is 12. The number of nitrogens with one attached hydrogen (secondary N) is 2. The first-order chi connectivity index (χ1) is 19.9. The van der Waals surface area contributed by atoms with Gasteiger partial charge >= 0.3 is 5.97 Å². The molecule has 0 aromatic heterocycles. The van der Waals surface area contributed by atoms with Crippen LogP contribution in [0.15, 0.2) is 30.3 Å². The highest BCUT2D eigenvalue weighted by Crippen LogP contribution is 2.39. The molecule has 4 rings (SSSR count). The van der Waals surface area contributed by atoms with Gasteiger partial charge in [0, 0.05) is 50.3 Å². The van der Waals surface area contributed by atoms with Gasteiger partial charge in [-0.3, -0.25) is 19.3 Å². The molecule has 3 N–H and O–H groups in total. The number of amides is 2. The molecule has 9 nitrogen and oxygen atoms in total. The van der Waals surface area contributed by atoms with Crippen LogP contribution in [-0.2, 0) is 20.8 Å². The standard InChI is InChI=1S/C31H40Cl2N4O5/c1-20(19-31(2,3)30(40)41)29(39)35-23-9-10-25(28(33)27(23)32)37-15-13-36(14-16-37)12-4-5-17-42-22-8-6-21-7-11-26(38)34-24(21)18-22/h6,8-10,18,20H,4-5,7,11-17,19H2,1-3H3,(H,34,38)(H,35,39)(H,40,41). The number of fused-ring (bicyclic) bond motifs is 1. The molecule has 1 fully saturated rings. The number of benzene rings is 2. The normalized spacial score (nSPS) is 16.4. The summed E-state index contributed by atoms with van der Waals surface area (Å²) in [6, 6.07) is 9.52. The minimum atomic E-state index is -1.01. The zero-order valence-corrected chi connectivity index (χ0v) is 26.0. The third-order valence-corrected chi connectivity index (χ3v) is 8.86. The number of carbonyl (C=O) groups is 3. The second-order valence-corrected chi connectivity index (χ2v) is 12.6. The van der Waals surface area contributed by atoms with Gasteiger partial charge in [0.1, 0.15) is 5.75 Å². The van der Waals surface area contributed by atoms with Gasteiger partial charge in [-0.1, -0.05) is 36.2 Å². The van der Waals surface area contributed by atoms with E-state index in [4.69, 9.17) is 27.9 Å². The van der Waals surface area contributed by atoms with Crippen molar-refractivity contribution in [1.82, 2.24) is 4.90 Å². The van der Waals surface area contributed by atoms with Crippen molar-refractivity contribution in [2.45, 2.75) is 52.9 Å². The van der Waals surface area contributed by atoms with Crippen LogP contribution in [-0.4, -0.2) is 67.1 Å². The SMILES string of the molecule is CC(CC(C)(C)C(=O)O)C(=O)Nc1ccc(N2CCN(CCCCOc3ccc4c(c3)NC(=O)CC4)CC2)c(Cl)c1Cl. The van der Waals surface area contributed by atoms with E-state index in [1.165, 1.54) is 0 Å². The van der Waals surface area contributed by atoms with Gasteiger partial charge in [-0.15, -0.1) is 0 Å². The number of hydrogen-bond acceptors (Lipinski definition) is 6. The number of nitrogens with zero attached hydrogens (tertiary/aromatic N) is 2. The van der Waals surface area contributed by atoms with E-state index in [2.05, 4.69) is 20.4 Å². The molecule has 11 heteroatoms. The van der Waals surface area contributed by atoms with E-state index in [1.54, 1.807) is 26.8 Å². The van der Waals surface area contributed by atoms with E-state index >= 15 is 0 Å². The summed E-state index contributed by atoms with van der Waals surface area (Å²) in [6.07, 6.45) is 3.46. The first-order valence-corrected chi connectivity index (χ1v) is 15.3. The molecule has 1 unspecified atom stereocenters. The Bertz CT molecular complexity index is 1310. The van der Waals surface area contributed by atoms with Crippen LogP contribution in [0, 0.1) is 11.3 Å². The topological polar surface area (TPSA) is 111 Å². The fourth-order valence-corrected chi connectivity index (χ4v) is 5.85. The summed E-state index contributed by atoms with van der Waals surface area (Å²) in [5.41, 5.74) is 2.23. The lowest BCUT2D eigenvalue weighted by Gasteiger charge is -2.36. The second kappa shape index (κ2) is 14.0. The predicted octanol–water partition coefficient (Wildman–Crippen LogP) is 5.93. The number of aryl methyl sites for hydroxylation is 1. The molecule has 0 radical (unpaired) electrons. The van der Waals surface area contributed by atoms with Crippen LogP contribution in [0.1, 0.15) is 52.0 Å². The van der Waals surface area contributed by atoms with E-state index in [9.17, 15) is 19.5 Å². The number of unbranched alkanes of at least 4 members (excludes halogenated alkanes) is 1. The molecule has 2 aromatic rings. The Balaban J connectivity index is 1.19. The van der Waals surface area contributed by atoms with Crippen molar-refractivity contribution in [3.8, 4) is 5.75 Å². The van der Waals surface area contributed by atoms with Crippen molar-refractivity contribution in [3.63, 3.8) is 0 Å². The molecule has 1 atom stereocenters. The van der Waals surface area contributed by atoms with Crippen molar-refractivity contribution in [1.29, 1.82) is 0 Å². The highest BCUT2D eigenvalue weighted by Gasteiger charge is 2.32. The molecule has 2 heterocycles. The van der Waals surface area contributed by atoms with Gasteiger partial charge in [0.2, 0.25) is 11.8 Å². The highest BCUT2D eigenvalue weighted by molar-refractivity contribution is 6.45. The summed E-state index contributed by atoms with van der Waals surface area (Å²) in [5, 5.41) is 15.7. The van der Waals surface area contributed by atoms with E-state index in [1.807, 2.05) is 24.3 Å². The Kier molecular flexibility index (Phi) is 10.6. The minimum absolute atomic E-state index is 0.0521. The molecule has 0 aliphatic carbocycles. The summed E-state index contributed by atoms with van der Waals surface area (Å²) in [5.74, 6) is -0.928. The number of ether oxygens (including phenoxy) is 1. The summed E-state index contributed by atoms with van der Waals surface area (Å²) < 4.78 is 5.92. The van der Waals surface area contributed by atoms with Crippen molar-refractivity contribution in [2.75, 3.05) is 54.9 Å². The quantitative estimate of drug-likeness (QED) is 0.253. The molecule has 42 heavy (non-hydrogen) atoms. The molecule has 0 bridgehead atoms. The maximum absolute atomic E-state index is 12.7. The smallest absolute Gasteiger partial charge is 0.309 e. The van der Waals surface area contributed by atoms with Gasteiger partial charge in [0.15, 0.2) is 0 Å². The molecule has 228 valence electrons. The summed E-state index contributed by atoms with van der Waals surface area (Å²) in [7, 11) is 0. The summed E-state index contributed by atoms with van der Waals surface area (Å²) in [6.45, 7) is 9.92. The average molecular weight is 620 g/mol. The van der Waals surface area contributed by atoms with Gasteiger partial charge in [-0.2, -0.15) is 0 Å². The highest BCUT2D eigenvalue weighted by atomic mass is 35.5. The van der Waals surface area contributed by atoms with Crippen LogP contribution >= 0.6 is 23.2 Å². The lowest BCUT2D eigenvalue weighted by molar-refractivity contribution is -0.148. The van der Waals surface area contributed by atoms with Crippen LogP contribution in [0.3, 0.4) is 0 Å². The van der Waals surface area contributed by atoms with Gasteiger partial charge in [-0.25, -0.2) is 0 Å². The maximum atomic E-state index is 12.7. The zero-order chi connectivity index (χ0) is 30.4. The number of carboxylic acids is 1. The van der Waals surface area contributed by atoms with Gasteiger partial charge < -0.3 is 25.4 Å². The van der Waals surface area contributed by atoms with Crippen molar-refractivity contribution < 1.29 is 24.2 Å². The van der Waals surface area contributed by atoms with E-state index < -0.39 is 17.3 Å². The molecule has 0 spiro atoms. The molecule has 2 aromatic carbocycles. The third-order valence-electron chi connectivity index (χ3n) is 7.99. The Morgan fingerprint density at radius 3 is 2.52 bits per heavy atom. The first kappa shape index (κ1) is 31.9. The van der Waals surface area contributed by atoms with Crippen LogP contribution in [0.5, 0.6) is 5.75 Å². The van der Waals surface area contributed by atoms with Gasteiger partial charge in [-0.05, 0) is 69.8 Å². The number of hydrogen-bond donors (Lipinski definition) is 3. The molecule has 0 saturated carbocycles. The Labute approximate surface area is 257 Å². The lowest BCUT2D eigenvalue weighted by atomic mass is 9.83. The second-order valence-electron chi connectivity index (χ2n) is 11.8. The molecule has 2 amide bonds. The fourth-order valence-electron chi connectivity index (χ4n) is 5.36. The molecule has 2 aliphatic rings. The summed E-state index contributed by atoms with van der Waals surface area (Å²) in [4.78, 5) is 40.4. The maximum Gasteiger partial charge on any atom is 0.309 e. The van der Waals surface area contributed by atoms with Crippen molar-refractivity contribution >= 4 is 58.0 Å². The first-order valence-electron chi connectivity index (χ1n) is 14.5. The number of piperazine rings is 1. The lowest BCUT2D eigenvalue weighted by Crippen LogP contribution is -2.46. The third kappa shape index (κ3) is 8.08. The largest absolute Gasteiger partial charge is 0.494 e. The fraction of sp³-hybridized carbons (Fsp3) is 0.516. The predicted molar refractivity (Wildman–Crippen MR) is 167 cm³/mol. The van der Waals surface area contributed by atoms with Crippen LogP contribution in [0.25, 0.3) is 0 Å². The Hall–Kier alpha value is -3.01. The monoisotopic (exact) mass is 618 g/mol. The number of carbonyl (C=O) groups excluding carboxylic acids is 2. The van der Waals surface area contributed by atoms with Crippen LogP contribution < -0.4 is 20.3 Å². The van der Waals surface area contributed by atoms with Crippen LogP contribution in [0.4, 0.5) is 17.1 Å². The number of halogens is 2. The van der Waals surface area contributed by atoms with Gasteiger partial charge in [0.05, 0.1) is 33.4 Å². The molecule has 1 saturated heterocycles. The van der Waals surface area contributed by atoms with E-state index in [0.29, 0.717) is 23.7 Å². The Morgan fingerprint density at radius 1 is 1.07 bits per heavy atom. The molecular weight excluding hydrogens is 579 g/mol. The molecule has 2 aliphatic heterocycles. The van der Waals surface area contributed by atoms with E-state index in [0.717, 1.165) is 74.7 Å². The summed E-state index contributed by atoms with van der Waals surface area (Å²) >= 11 is 13.2. The van der Waals surface area contributed by atoms with Crippen molar-refractivity contribution in [2.24, 2.45) is 11.3 Å². The number of carboxylic acid groups (broad SMARTS) is 1. The minimum Gasteiger partial charge on any atom is -0.494 e. The van der Waals surface area contributed by atoms with Gasteiger partial charge in [0.25, 0.3) is 0 Å². The van der Waals surface area contributed by atoms with Crippen LogP contribution in [0.2, 0.25) is 10.0 Å². The average Bonchev–Trinajstić information content (AvgIpc) is 2.95. The number of aliphatic carboxylic acids is 1. The number of anilines is 3. The molecular formula is C31H40Cl2N4O5. The van der Waals surface area contributed by atoms with Crippen molar-refractivity contribution in [3.05, 3.63) is 45.9 Å². The zero-order valence-electron chi connectivity index (χ0n) is 24.5. The Morgan fingerprint density at radius 2 is 1.81 bits per heavy atom.